The number of thiazole rings is 1. The van der Waals surface area contributed by atoms with E-state index in [1.54, 1.807) is 11.3 Å². The van der Waals surface area contributed by atoms with Gasteiger partial charge in [0.05, 0.1) is 5.69 Å². The molecule has 1 heterocycles. The van der Waals surface area contributed by atoms with E-state index < -0.39 is 0 Å². The largest absolute Gasteiger partial charge is 0.375 e. The Morgan fingerprint density at radius 1 is 1.47 bits per heavy atom. The molecule has 0 amide bonds. The maximum absolute atomic E-state index is 5.78. The Kier molecular flexibility index (Phi) is 2.71. The van der Waals surface area contributed by atoms with Crippen molar-refractivity contribution in [2.24, 2.45) is 0 Å². The molecule has 88 valence electrons. The van der Waals surface area contributed by atoms with E-state index in [1.807, 2.05) is 0 Å². The molecule has 2 nitrogen and oxygen atoms in total. The summed E-state index contributed by atoms with van der Waals surface area (Å²) < 4.78 is 1.17. The first kappa shape index (κ1) is 11.2. The minimum atomic E-state index is 0.492. The van der Waals surface area contributed by atoms with Crippen LogP contribution in [0.5, 0.6) is 0 Å². The van der Waals surface area contributed by atoms with Gasteiger partial charge in [0.25, 0.3) is 0 Å². The van der Waals surface area contributed by atoms with Crippen LogP contribution in [0.1, 0.15) is 34.0 Å². The minimum Gasteiger partial charge on any atom is -0.375 e. The maximum Gasteiger partial charge on any atom is 0.180 e. The first-order valence-electron chi connectivity index (χ1n) is 5.66. The van der Waals surface area contributed by atoms with Crippen molar-refractivity contribution in [1.29, 1.82) is 0 Å². The molecule has 0 fully saturated rings. The number of fused-ring (bicyclic) bond motifs is 1. The lowest BCUT2D eigenvalue weighted by Crippen LogP contribution is -1.95. The predicted octanol–water partition coefficient (Wildman–Crippen LogP) is 3.87. The van der Waals surface area contributed by atoms with Crippen LogP contribution >= 0.6 is 27.3 Å². The standard InChI is InChI=1S/C13H13BrN2S/c1-7-6-8(2-4-10(7)14)9-3-5-11-12(9)17-13(15)16-11/h2,4,6,9H,3,5H2,1H3,(H2,15,16). The van der Waals surface area contributed by atoms with Gasteiger partial charge in [-0.3, -0.25) is 0 Å². The van der Waals surface area contributed by atoms with Crippen molar-refractivity contribution in [1.82, 2.24) is 4.98 Å². The summed E-state index contributed by atoms with van der Waals surface area (Å²) in [4.78, 5) is 5.76. The quantitative estimate of drug-likeness (QED) is 0.868. The van der Waals surface area contributed by atoms with Crippen LogP contribution in [-0.4, -0.2) is 4.98 Å². The van der Waals surface area contributed by atoms with Gasteiger partial charge in [0.15, 0.2) is 5.13 Å². The van der Waals surface area contributed by atoms with Crippen LogP contribution < -0.4 is 5.73 Å². The number of aromatic nitrogens is 1. The highest BCUT2D eigenvalue weighted by molar-refractivity contribution is 9.10. The van der Waals surface area contributed by atoms with Crippen LogP contribution in [0.25, 0.3) is 0 Å². The van der Waals surface area contributed by atoms with E-state index in [4.69, 9.17) is 5.73 Å². The van der Waals surface area contributed by atoms with Crippen molar-refractivity contribution >= 4 is 32.4 Å². The lowest BCUT2D eigenvalue weighted by atomic mass is 9.97. The zero-order valence-corrected chi connectivity index (χ0v) is 11.9. The molecule has 0 saturated carbocycles. The molecule has 3 rings (SSSR count). The van der Waals surface area contributed by atoms with Crippen molar-refractivity contribution in [3.05, 3.63) is 44.4 Å². The van der Waals surface area contributed by atoms with Crippen LogP contribution in [0, 0.1) is 6.92 Å². The van der Waals surface area contributed by atoms with Gasteiger partial charge in [0, 0.05) is 15.3 Å². The summed E-state index contributed by atoms with van der Waals surface area (Å²) in [5.74, 6) is 0.492. The van der Waals surface area contributed by atoms with Gasteiger partial charge in [-0.1, -0.05) is 28.1 Å². The first-order chi connectivity index (χ1) is 8.15. The molecule has 1 aliphatic rings. The lowest BCUT2D eigenvalue weighted by Gasteiger charge is -2.11. The molecule has 1 aromatic heterocycles. The lowest BCUT2D eigenvalue weighted by molar-refractivity contribution is 0.789. The normalized spacial score (nSPS) is 18.4. The molecule has 2 aromatic rings. The SMILES string of the molecule is Cc1cc(C2CCc3nc(N)sc32)ccc1Br. The van der Waals surface area contributed by atoms with E-state index in [2.05, 4.69) is 46.0 Å². The summed E-state index contributed by atoms with van der Waals surface area (Å²) in [5.41, 5.74) is 9.66. The maximum atomic E-state index is 5.78. The van der Waals surface area contributed by atoms with Crippen molar-refractivity contribution in [3.8, 4) is 0 Å². The Morgan fingerprint density at radius 3 is 3.06 bits per heavy atom. The fourth-order valence-corrected chi connectivity index (χ4v) is 3.74. The second-order valence-electron chi connectivity index (χ2n) is 4.46. The summed E-state index contributed by atoms with van der Waals surface area (Å²) in [6.45, 7) is 2.13. The number of nitrogens with two attached hydrogens (primary N) is 1. The van der Waals surface area contributed by atoms with Crippen LogP contribution in [0.2, 0.25) is 0 Å². The topological polar surface area (TPSA) is 38.9 Å². The van der Waals surface area contributed by atoms with Crippen LogP contribution in [0.3, 0.4) is 0 Å². The Hall–Kier alpha value is -0.870. The Bertz CT molecular complexity index is 577. The molecule has 0 radical (unpaired) electrons. The number of anilines is 1. The van der Waals surface area contributed by atoms with Gasteiger partial charge in [0.1, 0.15) is 0 Å². The van der Waals surface area contributed by atoms with E-state index >= 15 is 0 Å². The molecule has 17 heavy (non-hydrogen) atoms. The van der Waals surface area contributed by atoms with Gasteiger partial charge in [0.2, 0.25) is 0 Å². The summed E-state index contributed by atoms with van der Waals surface area (Å²) in [7, 11) is 0. The van der Waals surface area contributed by atoms with Gasteiger partial charge >= 0.3 is 0 Å². The van der Waals surface area contributed by atoms with Crippen molar-refractivity contribution in [3.63, 3.8) is 0 Å². The highest BCUT2D eigenvalue weighted by Crippen LogP contribution is 2.42. The molecule has 0 saturated heterocycles. The van der Waals surface area contributed by atoms with Crippen LogP contribution in [-0.2, 0) is 6.42 Å². The van der Waals surface area contributed by atoms with Crippen molar-refractivity contribution in [2.75, 3.05) is 5.73 Å². The third-order valence-corrected chi connectivity index (χ3v) is 5.25. The van der Waals surface area contributed by atoms with Gasteiger partial charge in [-0.2, -0.15) is 0 Å². The van der Waals surface area contributed by atoms with Gasteiger partial charge in [-0.15, -0.1) is 11.3 Å². The Balaban J connectivity index is 2.03. The Morgan fingerprint density at radius 2 is 2.29 bits per heavy atom. The van der Waals surface area contributed by atoms with Crippen LogP contribution in [0.4, 0.5) is 5.13 Å². The van der Waals surface area contributed by atoms with E-state index in [-0.39, 0.29) is 0 Å². The fraction of sp³-hybridized carbons (Fsp3) is 0.308. The number of aryl methyl sites for hydroxylation is 2. The molecule has 1 aliphatic carbocycles. The Labute approximate surface area is 113 Å². The van der Waals surface area contributed by atoms with E-state index in [9.17, 15) is 0 Å². The summed E-state index contributed by atoms with van der Waals surface area (Å²) in [6, 6.07) is 6.60. The number of benzene rings is 1. The zero-order chi connectivity index (χ0) is 12.0. The molecule has 1 unspecified atom stereocenters. The molecular weight excluding hydrogens is 296 g/mol. The van der Waals surface area contributed by atoms with Gasteiger partial charge < -0.3 is 5.73 Å². The first-order valence-corrected chi connectivity index (χ1v) is 7.27. The van der Waals surface area contributed by atoms with Crippen molar-refractivity contribution < 1.29 is 0 Å². The number of hydrogen-bond donors (Lipinski definition) is 1. The third-order valence-electron chi connectivity index (χ3n) is 3.31. The van der Waals surface area contributed by atoms with Crippen molar-refractivity contribution in [2.45, 2.75) is 25.7 Å². The second kappa shape index (κ2) is 4.10. The molecule has 0 bridgehead atoms. The number of hydrogen-bond acceptors (Lipinski definition) is 3. The smallest absolute Gasteiger partial charge is 0.180 e. The molecular formula is C13H13BrN2S. The second-order valence-corrected chi connectivity index (χ2v) is 6.38. The summed E-state index contributed by atoms with van der Waals surface area (Å²) in [5, 5.41) is 0.702. The van der Waals surface area contributed by atoms with Crippen LogP contribution in [0.15, 0.2) is 22.7 Å². The summed E-state index contributed by atoms with van der Waals surface area (Å²) in [6.07, 6.45) is 2.22. The number of nitrogens with zero attached hydrogens (tertiary/aromatic N) is 1. The van der Waals surface area contributed by atoms with E-state index in [0.717, 1.165) is 12.8 Å². The molecule has 0 aliphatic heterocycles. The third kappa shape index (κ3) is 1.89. The number of halogens is 1. The minimum absolute atomic E-state index is 0.492. The average Bonchev–Trinajstić information content (AvgIpc) is 2.81. The highest BCUT2D eigenvalue weighted by atomic mass is 79.9. The monoisotopic (exact) mass is 308 g/mol. The molecule has 4 heteroatoms. The van der Waals surface area contributed by atoms with E-state index in [0.29, 0.717) is 11.0 Å². The van der Waals surface area contributed by atoms with Gasteiger partial charge in [-0.25, -0.2) is 4.98 Å². The number of rotatable bonds is 1. The number of nitrogen functional groups attached to an aromatic ring is 1. The predicted molar refractivity (Wildman–Crippen MR) is 75.6 cm³/mol. The van der Waals surface area contributed by atoms with Gasteiger partial charge in [-0.05, 0) is 37.0 Å². The average molecular weight is 309 g/mol. The van der Waals surface area contributed by atoms with E-state index in [1.165, 1.54) is 26.2 Å². The molecule has 0 spiro atoms. The summed E-state index contributed by atoms with van der Waals surface area (Å²) >= 11 is 5.19. The fourth-order valence-electron chi connectivity index (χ4n) is 2.45. The molecule has 1 atom stereocenters. The highest BCUT2D eigenvalue weighted by Gasteiger charge is 2.27. The zero-order valence-electron chi connectivity index (χ0n) is 9.53. The molecule has 1 aromatic carbocycles. The molecule has 2 N–H and O–H groups in total.